The van der Waals surface area contributed by atoms with Crippen LogP contribution in [0.5, 0.6) is 0 Å². The van der Waals surface area contributed by atoms with Crippen molar-refractivity contribution in [3.05, 3.63) is 45.5 Å². The molecule has 164 valence electrons. The van der Waals surface area contributed by atoms with Crippen LogP contribution in [-0.4, -0.2) is 68.3 Å². The molecule has 14 nitrogen and oxygen atoms in total. The highest BCUT2D eigenvalue weighted by Gasteiger charge is 2.28. The minimum Gasteiger partial charge on any atom is -0.391 e. The second kappa shape index (κ2) is 9.75. The monoisotopic (exact) mass is 426 g/mol. The fraction of sp³-hybridized carbons (Fsp3) is 0.500. The Hall–Kier alpha value is -2.88. The Kier molecular flexibility index (Phi) is 7.09. The summed E-state index contributed by atoms with van der Waals surface area (Å²) >= 11 is 0. The van der Waals surface area contributed by atoms with Gasteiger partial charge in [0.05, 0.1) is 26.4 Å². The van der Waals surface area contributed by atoms with E-state index in [4.69, 9.17) is 40.6 Å². The molecule has 0 aliphatic carbocycles. The summed E-state index contributed by atoms with van der Waals surface area (Å²) in [6, 6.07) is 2.99. The van der Waals surface area contributed by atoms with E-state index >= 15 is 0 Å². The van der Waals surface area contributed by atoms with Crippen molar-refractivity contribution < 1.29 is 29.2 Å². The van der Waals surface area contributed by atoms with Gasteiger partial charge in [-0.2, -0.15) is 9.97 Å². The van der Waals surface area contributed by atoms with E-state index in [-0.39, 0.29) is 38.1 Å². The van der Waals surface area contributed by atoms with E-state index in [1.165, 1.54) is 33.7 Å². The maximum atomic E-state index is 11.4. The molecule has 0 unspecified atom stereocenters. The summed E-state index contributed by atoms with van der Waals surface area (Å²) in [6.45, 7) is -0.0746. The number of anilines is 2. The lowest BCUT2D eigenvalue weighted by Crippen LogP contribution is -2.28. The van der Waals surface area contributed by atoms with Gasteiger partial charge < -0.3 is 40.6 Å². The standard InChI is InChI=1S/2C8H11N3O4/c2*9-5-1-2-11(8(13)10-5)6-4-14-7(3-12)15-6/h2*1-2,6-7,12H,3-4H2,(H2,9,10,13)/t2*6-,7-/m10/s1. The summed E-state index contributed by atoms with van der Waals surface area (Å²) in [6.07, 6.45) is 0.501. The van der Waals surface area contributed by atoms with Gasteiger partial charge in [0.15, 0.2) is 25.0 Å². The highest BCUT2D eigenvalue weighted by atomic mass is 16.7. The quantitative estimate of drug-likeness (QED) is 0.397. The number of aliphatic hydroxyl groups excluding tert-OH is 2. The highest BCUT2D eigenvalue weighted by molar-refractivity contribution is 5.24. The van der Waals surface area contributed by atoms with Crippen molar-refractivity contribution in [3.8, 4) is 0 Å². The molecular weight excluding hydrogens is 404 g/mol. The van der Waals surface area contributed by atoms with Crippen LogP contribution in [0.25, 0.3) is 0 Å². The number of nitrogens with zero attached hydrogens (tertiary/aromatic N) is 4. The molecule has 2 aliphatic rings. The first-order chi connectivity index (χ1) is 14.4. The van der Waals surface area contributed by atoms with Crippen molar-refractivity contribution in [1.82, 2.24) is 19.1 Å². The molecule has 0 amide bonds. The maximum Gasteiger partial charge on any atom is 0.351 e. The van der Waals surface area contributed by atoms with Crippen LogP contribution in [0, 0.1) is 0 Å². The molecule has 2 saturated heterocycles. The van der Waals surface area contributed by atoms with E-state index in [0.717, 1.165) is 0 Å². The van der Waals surface area contributed by atoms with Gasteiger partial charge >= 0.3 is 11.4 Å². The van der Waals surface area contributed by atoms with E-state index in [9.17, 15) is 9.59 Å². The molecule has 2 aromatic rings. The lowest BCUT2D eigenvalue weighted by atomic mass is 10.5. The Labute approximate surface area is 169 Å². The smallest absolute Gasteiger partial charge is 0.351 e. The zero-order chi connectivity index (χ0) is 21.7. The Balaban J connectivity index is 0.000000171. The molecule has 4 rings (SSSR count). The van der Waals surface area contributed by atoms with Crippen molar-refractivity contribution in [2.45, 2.75) is 25.0 Å². The second-order valence-electron chi connectivity index (χ2n) is 6.16. The number of hydrogen-bond donors (Lipinski definition) is 4. The van der Waals surface area contributed by atoms with Crippen LogP contribution in [0.15, 0.2) is 34.1 Å². The third-order valence-corrected chi connectivity index (χ3v) is 4.09. The van der Waals surface area contributed by atoms with Gasteiger partial charge in [-0.25, -0.2) is 9.59 Å². The minimum absolute atomic E-state index is 0.161. The van der Waals surface area contributed by atoms with Crippen molar-refractivity contribution >= 4 is 11.6 Å². The average molecular weight is 426 g/mol. The molecule has 2 aliphatic heterocycles. The minimum atomic E-state index is -0.681. The molecule has 4 heterocycles. The molecule has 0 bridgehead atoms. The molecule has 30 heavy (non-hydrogen) atoms. The van der Waals surface area contributed by atoms with Crippen LogP contribution in [0.1, 0.15) is 12.5 Å². The predicted molar refractivity (Wildman–Crippen MR) is 99.7 cm³/mol. The molecule has 0 aromatic carbocycles. The molecule has 4 atom stereocenters. The first-order valence-electron chi connectivity index (χ1n) is 8.86. The number of hydrogen-bond acceptors (Lipinski definition) is 12. The SMILES string of the molecule is Nc1ccn([C@@H]2CO[C@H](CO)O2)c(=O)n1.Nc1ccn([C@H]2CO[C@@H](CO)O2)c(=O)n1. The Morgan fingerprint density at radius 1 is 0.867 bits per heavy atom. The lowest BCUT2D eigenvalue weighted by Gasteiger charge is -2.11. The summed E-state index contributed by atoms with van der Waals surface area (Å²) < 4.78 is 23.1. The molecule has 0 radical (unpaired) electrons. The maximum absolute atomic E-state index is 11.4. The van der Waals surface area contributed by atoms with Gasteiger partial charge in [0.25, 0.3) is 0 Å². The predicted octanol–water partition coefficient (Wildman–Crippen LogP) is -2.62. The second-order valence-corrected chi connectivity index (χ2v) is 6.16. The van der Waals surface area contributed by atoms with Crippen molar-refractivity contribution in [1.29, 1.82) is 0 Å². The topological polar surface area (TPSA) is 199 Å². The third-order valence-electron chi connectivity index (χ3n) is 4.09. The average Bonchev–Trinajstić information content (AvgIpc) is 3.38. The zero-order valence-electron chi connectivity index (χ0n) is 15.7. The number of nitrogen functional groups attached to an aromatic ring is 2. The van der Waals surface area contributed by atoms with Gasteiger partial charge in [-0.05, 0) is 12.1 Å². The fourth-order valence-electron chi connectivity index (χ4n) is 2.66. The van der Waals surface area contributed by atoms with Crippen LogP contribution in [0.3, 0.4) is 0 Å². The van der Waals surface area contributed by atoms with Gasteiger partial charge in [-0.1, -0.05) is 0 Å². The number of ether oxygens (including phenoxy) is 4. The molecule has 2 aromatic heterocycles. The summed E-state index contributed by atoms with van der Waals surface area (Å²) in [7, 11) is 0. The van der Waals surface area contributed by atoms with Crippen LogP contribution in [0.4, 0.5) is 11.6 Å². The number of aliphatic hydroxyl groups is 2. The largest absolute Gasteiger partial charge is 0.391 e. The molecular formula is C16H22N6O8. The highest BCUT2D eigenvalue weighted by Crippen LogP contribution is 2.19. The van der Waals surface area contributed by atoms with Gasteiger partial charge in [-0.3, -0.25) is 9.13 Å². The summed E-state index contributed by atoms with van der Waals surface area (Å²) in [5.74, 6) is 0.322. The van der Waals surface area contributed by atoms with Crippen molar-refractivity contribution in [2.75, 3.05) is 37.9 Å². The third kappa shape index (κ3) is 5.18. The van der Waals surface area contributed by atoms with Gasteiger partial charge in [-0.15, -0.1) is 0 Å². The molecule has 2 fully saturated rings. The van der Waals surface area contributed by atoms with Gasteiger partial charge in [0, 0.05) is 12.4 Å². The first-order valence-corrected chi connectivity index (χ1v) is 8.86. The van der Waals surface area contributed by atoms with Crippen LogP contribution < -0.4 is 22.8 Å². The van der Waals surface area contributed by atoms with E-state index in [1.54, 1.807) is 0 Å². The number of rotatable bonds is 4. The number of aromatic nitrogens is 4. The van der Waals surface area contributed by atoms with Crippen LogP contribution >= 0.6 is 0 Å². The van der Waals surface area contributed by atoms with E-state index in [2.05, 4.69) is 9.97 Å². The van der Waals surface area contributed by atoms with Crippen molar-refractivity contribution in [3.63, 3.8) is 0 Å². The molecule has 0 spiro atoms. The first kappa shape index (κ1) is 21.8. The molecule has 6 N–H and O–H groups in total. The molecule has 14 heteroatoms. The summed E-state index contributed by atoms with van der Waals surface area (Å²) in [5, 5.41) is 17.5. The summed E-state index contributed by atoms with van der Waals surface area (Å²) in [4.78, 5) is 29.9. The Bertz CT molecular complexity index is 888. The van der Waals surface area contributed by atoms with E-state index in [0.29, 0.717) is 0 Å². The van der Waals surface area contributed by atoms with Crippen molar-refractivity contribution in [2.24, 2.45) is 0 Å². The van der Waals surface area contributed by atoms with Crippen LogP contribution in [-0.2, 0) is 18.9 Å². The Morgan fingerprint density at radius 2 is 1.27 bits per heavy atom. The summed E-state index contributed by atoms with van der Waals surface area (Å²) in [5.41, 5.74) is 9.69. The van der Waals surface area contributed by atoms with E-state index in [1.807, 2.05) is 0 Å². The Morgan fingerprint density at radius 3 is 1.57 bits per heavy atom. The fourth-order valence-corrected chi connectivity index (χ4v) is 2.66. The van der Waals surface area contributed by atoms with Gasteiger partial charge in [0.2, 0.25) is 0 Å². The van der Waals surface area contributed by atoms with Crippen LogP contribution in [0.2, 0.25) is 0 Å². The lowest BCUT2D eigenvalue weighted by molar-refractivity contribution is -0.0993. The zero-order valence-corrected chi connectivity index (χ0v) is 15.7. The molecule has 0 saturated carbocycles. The van der Waals surface area contributed by atoms with Gasteiger partial charge in [0.1, 0.15) is 11.6 Å². The van der Waals surface area contributed by atoms with E-state index < -0.39 is 36.4 Å². The number of nitrogens with two attached hydrogens (primary N) is 2. The normalized spacial score (nSPS) is 25.7.